The lowest BCUT2D eigenvalue weighted by molar-refractivity contribution is 0.461. The highest BCUT2D eigenvalue weighted by atomic mass is 16.3. The maximum absolute atomic E-state index is 13.1. The smallest absolute Gasteiger partial charge is 0.262 e. The second-order valence-electron chi connectivity index (χ2n) is 6.33. The number of hydrogen-bond acceptors (Lipinski definition) is 2. The Hall–Kier alpha value is -2.81. The van der Waals surface area contributed by atoms with Crippen LogP contribution < -0.4 is 5.56 Å². The van der Waals surface area contributed by atoms with Gasteiger partial charge in [0.1, 0.15) is 5.75 Å². The Bertz CT molecular complexity index is 907. The standard InChI is InChI=1S/C21H21NO2/c1-14(2)20-19(23)13-18(16-7-5-4-6-8-16)22(21(20)24)17-11-9-15(3)10-12-17/h4-14,23H,1-3H3. The van der Waals surface area contributed by atoms with E-state index in [1.807, 2.05) is 75.4 Å². The summed E-state index contributed by atoms with van der Waals surface area (Å²) in [6.07, 6.45) is 0. The third-order valence-electron chi connectivity index (χ3n) is 4.16. The van der Waals surface area contributed by atoms with Crippen molar-refractivity contribution < 1.29 is 5.11 Å². The van der Waals surface area contributed by atoms with Crippen LogP contribution in [0.3, 0.4) is 0 Å². The second kappa shape index (κ2) is 6.36. The van der Waals surface area contributed by atoms with Crippen LogP contribution in [0.5, 0.6) is 5.75 Å². The fourth-order valence-electron chi connectivity index (χ4n) is 2.93. The molecule has 24 heavy (non-hydrogen) atoms. The van der Waals surface area contributed by atoms with Gasteiger partial charge in [0, 0.05) is 11.8 Å². The molecule has 0 bridgehead atoms. The van der Waals surface area contributed by atoms with Crippen molar-refractivity contribution in [1.29, 1.82) is 0 Å². The number of hydrogen-bond donors (Lipinski definition) is 1. The third kappa shape index (κ3) is 2.85. The lowest BCUT2D eigenvalue weighted by Gasteiger charge is -2.18. The summed E-state index contributed by atoms with van der Waals surface area (Å²) in [5, 5.41) is 10.4. The largest absolute Gasteiger partial charge is 0.507 e. The molecule has 3 nitrogen and oxygen atoms in total. The van der Waals surface area contributed by atoms with Gasteiger partial charge < -0.3 is 5.11 Å². The van der Waals surface area contributed by atoms with Crippen molar-refractivity contribution in [3.8, 4) is 22.7 Å². The van der Waals surface area contributed by atoms with Crippen LogP contribution in [0.2, 0.25) is 0 Å². The number of benzene rings is 2. The molecule has 0 saturated heterocycles. The Morgan fingerprint density at radius 3 is 2.17 bits per heavy atom. The molecule has 0 spiro atoms. The molecule has 1 N–H and O–H groups in total. The van der Waals surface area contributed by atoms with Crippen molar-refractivity contribution in [3.05, 3.63) is 82.1 Å². The minimum absolute atomic E-state index is 0.0530. The summed E-state index contributed by atoms with van der Waals surface area (Å²) in [5.74, 6) is -0.00348. The van der Waals surface area contributed by atoms with Gasteiger partial charge in [-0.05, 0) is 30.5 Å². The molecule has 0 aliphatic heterocycles. The third-order valence-corrected chi connectivity index (χ3v) is 4.16. The van der Waals surface area contributed by atoms with Crippen LogP contribution in [0.15, 0.2) is 65.5 Å². The van der Waals surface area contributed by atoms with E-state index in [-0.39, 0.29) is 17.2 Å². The Morgan fingerprint density at radius 1 is 0.958 bits per heavy atom. The van der Waals surface area contributed by atoms with Crippen LogP contribution in [-0.2, 0) is 0 Å². The van der Waals surface area contributed by atoms with Gasteiger partial charge in [-0.1, -0.05) is 61.9 Å². The molecule has 0 fully saturated rings. The minimum atomic E-state index is -0.173. The molecule has 0 aliphatic rings. The van der Waals surface area contributed by atoms with Crippen molar-refractivity contribution in [2.45, 2.75) is 26.7 Å². The maximum atomic E-state index is 13.1. The summed E-state index contributed by atoms with van der Waals surface area (Å²) in [7, 11) is 0. The van der Waals surface area contributed by atoms with E-state index in [0.29, 0.717) is 11.3 Å². The van der Waals surface area contributed by atoms with Crippen molar-refractivity contribution in [3.63, 3.8) is 0 Å². The molecule has 1 aromatic heterocycles. The highest BCUT2D eigenvalue weighted by Gasteiger charge is 2.18. The van der Waals surface area contributed by atoms with E-state index in [0.717, 1.165) is 16.8 Å². The SMILES string of the molecule is Cc1ccc(-n2c(-c3ccccc3)cc(O)c(C(C)C)c2=O)cc1. The molecule has 0 radical (unpaired) electrons. The molecule has 0 unspecified atom stereocenters. The van der Waals surface area contributed by atoms with Crippen LogP contribution >= 0.6 is 0 Å². The fourth-order valence-corrected chi connectivity index (χ4v) is 2.93. The molecule has 2 aromatic carbocycles. The number of rotatable bonds is 3. The molecule has 3 heteroatoms. The van der Waals surface area contributed by atoms with Crippen LogP contribution in [0.4, 0.5) is 0 Å². The first-order valence-electron chi connectivity index (χ1n) is 8.10. The first kappa shape index (κ1) is 16.1. The minimum Gasteiger partial charge on any atom is -0.507 e. The average Bonchev–Trinajstić information content (AvgIpc) is 2.56. The molecule has 0 aliphatic carbocycles. The fraction of sp³-hybridized carbons (Fsp3) is 0.190. The van der Waals surface area contributed by atoms with Crippen LogP contribution in [0.25, 0.3) is 16.9 Å². The molecular formula is C21H21NO2. The molecule has 0 saturated carbocycles. The van der Waals surface area contributed by atoms with Crippen molar-refractivity contribution in [1.82, 2.24) is 4.57 Å². The van der Waals surface area contributed by atoms with Crippen LogP contribution in [0.1, 0.15) is 30.9 Å². The molecule has 0 atom stereocenters. The van der Waals surface area contributed by atoms with Gasteiger partial charge in [0.05, 0.1) is 11.3 Å². The van der Waals surface area contributed by atoms with E-state index in [1.165, 1.54) is 0 Å². The Morgan fingerprint density at radius 2 is 1.58 bits per heavy atom. The highest BCUT2D eigenvalue weighted by Crippen LogP contribution is 2.29. The van der Waals surface area contributed by atoms with E-state index in [9.17, 15) is 9.90 Å². The zero-order valence-electron chi connectivity index (χ0n) is 14.2. The number of nitrogens with zero attached hydrogens (tertiary/aromatic N) is 1. The van der Waals surface area contributed by atoms with Gasteiger partial charge in [0.15, 0.2) is 0 Å². The first-order valence-corrected chi connectivity index (χ1v) is 8.10. The summed E-state index contributed by atoms with van der Waals surface area (Å²) in [4.78, 5) is 13.1. The molecular weight excluding hydrogens is 298 g/mol. The van der Waals surface area contributed by atoms with E-state index < -0.39 is 0 Å². The normalized spacial score (nSPS) is 11.0. The second-order valence-corrected chi connectivity index (χ2v) is 6.33. The monoisotopic (exact) mass is 319 g/mol. The predicted octanol–water partition coefficient (Wildman–Crippen LogP) is 4.64. The van der Waals surface area contributed by atoms with Gasteiger partial charge in [-0.2, -0.15) is 0 Å². The average molecular weight is 319 g/mol. The van der Waals surface area contributed by atoms with E-state index >= 15 is 0 Å². The van der Waals surface area contributed by atoms with Gasteiger partial charge in [-0.3, -0.25) is 9.36 Å². The van der Waals surface area contributed by atoms with Gasteiger partial charge >= 0.3 is 0 Å². The van der Waals surface area contributed by atoms with Gasteiger partial charge in [0.2, 0.25) is 0 Å². The molecule has 3 rings (SSSR count). The van der Waals surface area contributed by atoms with E-state index in [1.54, 1.807) is 10.6 Å². The molecule has 1 heterocycles. The summed E-state index contributed by atoms with van der Waals surface area (Å²) in [6, 6.07) is 19.2. The van der Waals surface area contributed by atoms with Gasteiger partial charge in [-0.25, -0.2) is 0 Å². The van der Waals surface area contributed by atoms with E-state index in [2.05, 4.69) is 0 Å². The summed E-state index contributed by atoms with van der Waals surface area (Å²) in [5.41, 5.74) is 3.78. The van der Waals surface area contributed by atoms with Gasteiger partial charge in [-0.15, -0.1) is 0 Å². The molecule has 3 aromatic rings. The zero-order valence-corrected chi connectivity index (χ0v) is 14.2. The number of aromatic hydroxyl groups is 1. The van der Waals surface area contributed by atoms with Gasteiger partial charge in [0.25, 0.3) is 5.56 Å². The Kier molecular flexibility index (Phi) is 4.26. The van der Waals surface area contributed by atoms with Crippen molar-refractivity contribution in [2.24, 2.45) is 0 Å². The summed E-state index contributed by atoms with van der Waals surface area (Å²) in [6.45, 7) is 5.84. The van der Waals surface area contributed by atoms with Crippen LogP contribution in [0, 0.1) is 6.92 Å². The number of aryl methyl sites for hydroxylation is 1. The quantitative estimate of drug-likeness (QED) is 0.764. The number of aromatic nitrogens is 1. The maximum Gasteiger partial charge on any atom is 0.262 e. The predicted molar refractivity (Wildman–Crippen MR) is 98.0 cm³/mol. The summed E-state index contributed by atoms with van der Waals surface area (Å²) >= 11 is 0. The Balaban J connectivity index is 2.37. The topological polar surface area (TPSA) is 42.2 Å². The molecule has 122 valence electrons. The van der Waals surface area contributed by atoms with E-state index in [4.69, 9.17) is 0 Å². The first-order chi connectivity index (χ1) is 11.5. The lowest BCUT2D eigenvalue weighted by atomic mass is 10.0. The number of pyridine rings is 1. The summed E-state index contributed by atoms with van der Waals surface area (Å²) < 4.78 is 1.68. The van der Waals surface area contributed by atoms with Crippen molar-refractivity contribution in [2.75, 3.05) is 0 Å². The molecule has 0 amide bonds. The highest BCUT2D eigenvalue weighted by molar-refractivity contribution is 5.65. The lowest BCUT2D eigenvalue weighted by Crippen LogP contribution is -2.24. The zero-order chi connectivity index (χ0) is 17.3. The Labute approximate surface area is 141 Å². The van der Waals surface area contributed by atoms with Crippen LogP contribution in [-0.4, -0.2) is 9.67 Å². The van der Waals surface area contributed by atoms with Crippen molar-refractivity contribution >= 4 is 0 Å².